The number of benzene rings is 5. The Kier molecular flexibility index (Phi) is 31.7. The maximum absolute atomic E-state index is 13.7. The summed E-state index contributed by atoms with van der Waals surface area (Å²) in [7, 11) is 0. The molecule has 0 aliphatic rings. The van der Waals surface area contributed by atoms with E-state index < -0.39 is 63.9 Å². The lowest BCUT2D eigenvalue weighted by atomic mass is 10.0. The largest absolute Gasteiger partial charge is 0.477 e. The van der Waals surface area contributed by atoms with Crippen LogP contribution in [0.3, 0.4) is 0 Å². The number of nitrogens with zero attached hydrogens (tertiary/aromatic N) is 12. The van der Waals surface area contributed by atoms with Crippen LogP contribution in [0.5, 0.6) is 16.8 Å². The van der Waals surface area contributed by atoms with Gasteiger partial charge in [0.1, 0.15) is 11.2 Å². The van der Waals surface area contributed by atoms with Crippen LogP contribution < -0.4 is 41.9 Å². The minimum absolute atomic E-state index is 0.00279. The van der Waals surface area contributed by atoms with Crippen LogP contribution in [0.1, 0.15) is 202 Å². The van der Waals surface area contributed by atoms with Gasteiger partial charge in [-0.15, -0.1) is 10.2 Å². The number of pyridine rings is 7. The van der Waals surface area contributed by atoms with Gasteiger partial charge in [0, 0.05) is 115 Å². The highest BCUT2D eigenvalue weighted by Gasteiger charge is 2.33. The van der Waals surface area contributed by atoms with Gasteiger partial charge in [-0.1, -0.05) is 153 Å². The second kappa shape index (κ2) is 45.0. The van der Waals surface area contributed by atoms with Gasteiger partial charge < -0.3 is 63.4 Å². The van der Waals surface area contributed by atoms with E-state index in [4.69, 9.17) is 18.9 Å². The van der Waals surface area contributed by atoms with E-state index in [1.54, 1.807) is 48.5 Å². The van der Waals surface area contributed by atoms with Gasteiger partial charge in [-0.3, -0.25) is 48.7 Å². The number of thiazole rings is 1. The van der Waals surface area contributed by atoms with Crippen LogP contribution in [-0.2, 0) is 52.4 Å². The van der Waals surface area contributed by atoms with E-state index in [2.05, 4.69) is 89.3 Å². The topological polar surface area (TPSA) is 337 Å². The number of H-pyrrole nitrogens is 2. The highest BCUT2D eigenvalue weighted by molar-refractivity contribution is 7.11. The molecular formula is C106H98F8N18O9S. The molecule has 0 unspecified atom stereocenters. The Balaban J connectivity index is 0.000000143. The third-order valence-electron chi connectivity index (χ3n) is 22.9. The summed E-state index contributed by atoms with van der Waals surface area (Å²) in [6, 6.07) is 51.2. The summed E-state index contributed by atoms with van der Waals surface area (Å²) in [6.07, 6.45) is 9.57. The quantitative estimate of drug-likeness (QED) is 0.0228. The van der Waals surface area contributed by atoms with Crippen molar-refractivity contribution in [3.05, 3.63) is 394 Å². The molecule has 13 aromatic heterocycles. The van der Waals surface area contributed by atoms with Gasteiger partial charge in [-0.05, 0) is 161 Å². The molecule has 0 aliphatic heterocycles. The van der Waals surface area contributed by atoms with Crippen molar-refractivity contribution in [1.82, 2.24) is 89.6 Å². The van der Waals surface area contributed by atoms with Gasteiger partial charge in [0.25, 0.3) is 40.3 Å². The summed E-state index contributed by atoms with van der Waals surface area (Å²) in [5, 5.41) is 21.7. The number of carbonyl (C=O) groups excluding carboxylic acids is 4. The normalized spacial score (nSPS) is 11.3. The molecule has 36 heteroatoms. The number of aromatic amines is 2. The molecule has 0 spiro atoms. The second-order valence-electron chi connectivity index (χ2n) is 34.9. The molecule has 6 N–H and O–H groups in total. The van der Waals surface area contributed by atoms with Gasteiger partial charge >= 0.3 is 0 Å². The number of ether oxygens (including phenoxy) is 2. The second-order valence-corrected chi connectivity index (χ2v) is 35.8. The number of aromatic nitrogens is 14. The number of fused-ring (bicyclic) bond motifs is 4. The monoisotopic (exact) mass is 1950 g/mol. The number of hydrogen-bond donors (Lipinski definition) is 6. The lowest BCUT2D eigenvalue weighted by molar-refractivity contribution is 0.0942. The molecule has 18 rings (SSSR count). The summed E-state index contributed by atoms with van der Waals surface area (Å²) < 4.78 is 133. The first-order chi connectivity index (χ1) is 68.3. The molecule has 728 valence electrons. The van der Waals surface area contributed by atoms with Crippen molar-refractivity contribution in [2.45, 2.75) is 145 Å². The Hall–Kier alpha value is -16.4. The minimum Gasteiger partial charge on any atom is -0.477 e. The molecule has 0 saturated heterocycles. The van der Waals surface area contributed by atoms with E-state index in [9.17, 15) is 63.9 Å². The zero-order valence-corrected chi connectivity index (χ0v) is 79.6. The lowest BCUT2D eigenvalue weighted by Crippen LogP contribution is -2.25. The summed E-state index contributed by atoms with van der Waals surface area (Å²) >= 11 is 1.25. The minimum atomic E-state index is -0.997. The molecule has 4 amide bonds. The summed E-state index contributed by atoms with van der Waals surface area (Å²) in [5.41, 5.74) is 13.7. The molecule has 18 aromatic rings. The van der Waals surface area contributed by atoms with Gasteiger partial charge in [-0.25, -0.2) is 45.1 Å². The van der Waals surface area contributed by atoms with Crippen LogP contribution in [0.2, 0.25) is 0 Å². The van der Waals surface area contributed by atoms with Crippen LogP contribution in [0.15, 0.2) is 251 Å². The fraction of sp³-hybridized carbons (Fsp3) is 0.226. The fourth-order valence-electron chi connectivity index (χ4n) is 16.6. The summed E-state index contributed by atoms with van der Waals surface area (Å²) in [6.45, 7) is 22.3. The number of nitrogens with one attached hydrogen (secondary N) is 6. The summed E-state index contributed by atoms with van der Waals surface area (Å²) in [5.74, 6) is -8.30. The predicted molar refractivity (Wildman–Crippen MR) is 522 cm³/mol. The lowest BCUT2D eigenvalue weighted by Gasteiger charge is -2.16. The number of rotatable bonds is 30. The molecule has 0 atom stereocenters. The highest BCUT2D eigenvalue weighted by atomic mass is 32.1. The van der Waals surface area contributed by atoms with Crippen LogP contribution in [0.4, 0.5) is 35.1 Å². The van der Waals surface area contributed by atoms with Crippen LogP contribution in [0, 0.1) is 52.5 Å². The van der Waals surface area contributed by atoms with Crippen molar-refractivity contribution in [2.24, 2.45) is 5.92 Å². The SMILES string of the molecule is CC(C)COc1ccc2c(n1)c(C(=O)NCc1ccc(F)c(F)c1)c(C(C)C)n2Cc1ccccn1.CC(C)c1c(C(=O)NCc2ccc(F)c(F)c2)c2[nH]c(=O)c(Oc3nccs3)cc2n1Cc1ccccn1.CC(C)c1c(C(=O)NCc2ccc(F)c(F)c2)c2[nH]c(=O)ccc2n1Cc1ccccn1.CC(C)c1c(C(=O)NCc2ccc(F)c(F)c2)c2cnc(-c3nnco3)cc2n1Cc1ccccc1. The maximum atomic E-state index is 13.7. The van der Waals surface area contributed by atoms with Gasteiger partial charge in [-0.2, -0.15) is 0 Å². The van der Waals surface area contributed by atoms with Gasteiger partial charge in [0.2, 0.25) is 17.8 Å². The van der Waals surface area contributed by atoms with Gasteiger partial charge in [0.05, 0.1) is 98.7 Å². The molecule has 0 bridgehead atoms. The third kappa shape index (κ3) is 23.4. The maximum Gasteiger partial charge on any atom is 0.291 e. The average Bonchev–Trinajstić information content (AvgIpc) is 1.61. The van der Waals surface area contributed by atoms with E-state index in [1.807, 2.05) is 168 Å². The van der Waals surface area contributed by atoms with E-state index in [0.717, 1.165) is 99.3 Å². The predicted octanol–water partition coefficient (Wildman–Crippen LogP) is 20.8. The summed E-state index contributed by atoms with van der Waals surface area (Å²) in [4.78, 5) is 111. The Labute approximate surface area is 812 Å². The van der Waals surface area contributed by atoms with E-state index in [0.29, 0.717) is 133 Å². The van der Waals surface area contributed by atoms with Crippen molar-refractivity contribution < 1.29 is 68.2 Å². The fourth-order valence-corrected chi connectivity index (χ4v) is 17.1. The first kappa shape index (κ1) is 100. The van der Waals surface area contributed by atoms with E-state index in [1.165, 1.54) is 48.1 Å². The molecular weight excluding hydrogens is 1850 g/mol. The van der Waals surface area contributed by atoms with Crippen molar-refractivity contribution >= 4 is 79.0 Å². The van der Waals surface area contributed by atoms with Gasteiger partial charge in [0.15, 0.2) is 52.3 Å². The number of carbonyl (C=O) groups is 4. The van der Waals surface area contributed by atoms with Crippen LogP contribution in [-0.4, -0.2) is 98.6 Å². The molecule has 142 heavy (non-hydrogen) atoms. The van der Waals surface area contributed by atoms with E-state index >= 15 is 0 Å². The smallest absolute Gasteiger partial charge is 0.291 e. The molecule has 0 saturated carbocycles. The Morgan fingerprint density at radius 2 is 0.852 bits per heavy atom. The molecule has 0 aliphatic carbocycles. The van der Waals surface area contributed by atoms with Crippen molar-refractivity contribution in [3.8, 4) is 28.4 Å². The molecule has 0 radical (unpaired) electrons. The van der Waals surface area contributed by atoms with Crippen LogP contribution >= 0.6 is 11.3 Å². The zero-order chi connectivity index (χ0) is 101. The first-order valence-electron chi connectivity index (χ1n) is 45.5. The highest BCUT2D eigenvalue weighted by Crippen LogP contribution is 2.39. The Morgan fingerprint density at radius 1 is 0.415 bits per heavy atom. The standard InChI is InChI=1S/C28H30F2N4O2.C27H23F2N5O3S.C27H23F2N5O2.C24H22F2N4O2/c1-17(2)16-36-24-11-10-23-26(33-24)25(28(35)32-14-19-8-9-21(29)22(30)13-19)27(18(3)4)34(23)15-20-7-5-6-12-31-20;1-15(2)24-22(26(36)32-13-16-6-7-18(28)19(29)11-16)23-20(34(24)14-17-5-3-4-8-30-17)12-21(25(35)33-23)37-27-31-9-10-38-27;1-16(2)25-24(26(35)31-12-18-8-9-20(28)21(29)10-18)19-13-30-22(27-33-32-15-36-27)11-23(19)34(25)14-17-6-4-3-5-7-17;1-14(2)23-21(24(32)28-12-15-6-7-17(25)18(26)11-15)22-19(8-9-20(31)29-22)30(23)13-16-5-3-4-10-27-16/h5-13,17-18H,14-16H2,1-4H3,(H,32,35);3-12,15H,13-14H2,1-2H3,(H,32,36)(H,33,35);3-11,13,15-16H,12,14H2,1-2H3,(H,31,35);3-11,14H,12-13H2,1-2H3,(H,28,32)(H,29,31). The average molecular weight is 1950 g/mol. The molecule has 5 aromatic carbocycles. The first-order valence-corrected chi connectivity index (χ1v) is 46.4. The Morgan fingerprint density at radius 3 is 1.30 bits per heavy atom. The number of hydrogen-bond acceptors (Lipinski definition) is 18. The number of amides is 4. The van der Waals surface area contributed by atoms with Crippen molar-refractivity contribution in [1.29, 1.82) is 0 Å². The van der Waals surface area contributed by atoms with Crippen molar-refractivity contribution in [3.63, 3.8) is 0 Å². The molecule has 0 fully saturated rings. The van der Waals surface area contributed by atoms with Crippen LogP contribution in [0.25, 0.3) is 55.6 Å². The molecule has 13 heterocycles. The zero-order valence-electron chi connectivity index (χ0n) is 78.7. The van der Waals surface area contributed by atoms with E-state index in [-0.39, 0.29) is 84.4 Å². The third-order valence-corrected chi connectivity index (χ3v) is 23.5. The van der Waals surface area contributed by atoms with Crippen molar-refractivity contribution in [2.75, 3.05) is 6.61 Å². The Bertz CT molecular complexity index is 7710. The molecule has 27 nitrogen and oxygen atoms in total. The number of halogens is 8.